The summed E-state index contributed by atoms with van der Waals surface area (Å²) in [6.07, 6.45) is 1.03. The van der Waals surface area contributed by atoms with Gasteiger partial charge in [-0.2, -0.15) is 0 Å². The number of rotatable bonds is 5. The predicted molar refractivity (Wildman–Crippen MR) is 53.2 cm³/mol. The van der Waals surface area contributed by atoms with Crippen molar-refractivity contribution in [2.24, 2.45) is 5.41 Å². The van der Waals surface area contributed by atoms with E-state index in [1.807, 2.05) is 0 Å². The first-order chi connectivity index (χ1) is 6.32. The molecular weight excluding hydrogens is 182 g/mol. The van der Waals surface area contributed by atoms with Crippen molar-refractivity contribution in [1.29, 1.82) is 0 Å². The van der Waals surface area contributed by atoms with Crippen LogP contribution in [0.2, 0.25) is 0 Å². The third-order valence-corrected chi connectivity index (χ3v) is 2.91. The number of nitrogens with one attached hydrogen (secondary N) is 1. The van der Waals surface area contributed by atoms with Crippen LogP contribution in [0.25, 0.3) is 0 Å². The van der Waals surface area contributed by atoms with Crippen molar-refractivity contribution in [1.82, 2.24) is 5.32 Å². The molecule has 2 atom stereocenters. The van der Waals surface area contributed by atoms with E-state index in [1.165, 1.54) is 7.11 Å². The lowest BCUT2D eigenvalue weighted by Crippen LogP contribution is -2.54. The maximum Gasteiger partial charge on any atom is 0.326 e. The predicted octanol–water partition coefficient (Wildman–Crippen LogP) is 0.864. The van der Waals surface area contributed by atoms with E-state index < -0.39 is 11.5 Å². The Bertz CT molecular complexity index is 240. The van der Waals surface area contributed by atoms with Gasteiger partial charge in [-0.15, -0.1) is 0 Å². The van der Waals surface area contributed by atoms with E-state index in [4.69, 9.17) is 9.84 Å². The molecule has 1 fully saturated rings. The first-order valence-electron chi connectivity index (χ1n) is 4.82. The third-order valence-electron chi connectivity index (χ3n) is 2.91. The maximum atomic E-state index is 11.0. The van der Waals surface area contributed by atoms with Crippen LogP contribution < -0.4 is 5.32 Å². The largest absolute Gasteiger partial charge is 0.480 e. The maximum absolute atomic E-state index is 11.0. The van der Waals surface area contributed by atoms with Crippen molar-refractivity contribution < 1.29 is 14.6 Å². The molecule has 1 aliphatic carbocycles. The Morgan fingerprint density at radius 1 is 1.71 bits per heavy atom. The summed E-state index contributed by atoms with van der Waals surface area (Å²) in [5.74, 6) is -0.859. The van der Waals surface area contributed by atoms with Crippen LogP contribution in [-0.2, 0) is 9.53 Å². The van der Waals surface area contributed by atoms with Crippen LogP contribution in [0.4, 0.5) is 0 Å². The van der Waals surface area contributed by atoms with Crippen molar-refractivity contribution in [2.45, 2.75) is 38.8 Å². The molecule has 0 heterocycles. The van der Waals surface area contributed by atoms with Crippen LogP contribution in [0.1, 0.15) is 27.2 Å². The monoisotopic (exact) mass is 201 g/mol. The molecule has 2 unspecified atom stereocenters. The van der Waals surface area contributed by atoms with Crippen LogP contribution >= 0.6 is 0 Å². The lowest BCUT2D eigenvalue weighted by Gasteiger charge is -2.26. The second kappa shape index (κ2) is 3.51. The van der Waals surface area contributed by atoms with Gasteiger partial charge in [-0.1, -0.05) is 13.8 Å². The number of ether oxygens (including phenoxy) is 1. The molecule has 0 saturated heterocycles. The van der Waals surface area contributed by atoms with Crippen LogP contribution in [-0.4, -0.2) is 36.4 Å². The Morgan fingerprint density at radius 3 is 2.50 bits per heavy atom. The molecule has 4 nitrogen and oxygen atoms in total. The van der Waals surface area contributed by atoms with Gasteiger partial charge in [-0.05, 0) is 18.8 Å². The van der Waals surface area contributed by atoms with Gasteiger partial charge >= 0.3 is 5.97 Å². The summed E-state index contributed by atoms with van der Waals surface area (Å²) >= 11 is 0. The minimum atomic E-state index is -0.965. The number of carboxylic acids is 1. The fraction of sp³-hybridized carbons (Fsp3) is 0.900. The molecule has 0 aromatic rings. The van der Waals surface area contributed by atoms with Crippen molar-refractivity contribution in [3.05, 3.63) is 0 Å². The molecule has 0 bridgehead atoms. The number of carbonyl (C=O) groups is 1. The molecular formula is C10H19NO3. The van der Waals surface area contributed by atoms with E-state index in [1.54, 1.807) is 6.92 Å². The summed E-state index contributed by atoms with van der Waals surface area (Å²) < 4.78 is 4.92. The highest BCUT2D eigenvalue weighted by Crippen LogP contribution is 2.45. The normalized spacial score (nSPS) is 28.1. The zero-order chi connectivity index (χ0) is 11.0. The minimum Gasteiger partial charge on any atom is -0.480 e. The molecule has 0 aromatic carbocycles. The van der Waals surface area contributed by atoms with Gasteiger partial charge in [0.15, 0.2) is 0 Å². The summed E-state index contributed by atoms with van der Waals surface area (Å²) in [7, 11) is 1.51. The van der Waals surface area contributed by atoms with E-state index in [2.05, 4.69) is 19.2 Å². The molecule has 1 saturated carbocycles. The Balaban J connectivity index is 2.57. The quantitative estimate of drug-likeness (QED) is 0.692. The van der Waals surface area contributed by atoms with E-state index in [0.29, 0.717) is 6.04 Å². The van der Waals surface area contributed by atoms with Gasteiger partial charge in [0.05, 0.1) is 6.61 Å². The molecule has 14 heavy (non-hydrogen) atoms. The summed E-state index contributed by atoms with van der Waals surface area (Å²) in [5.41, 5.74) is -0.738. The highest BCUT2D eigenvalue weighted by atomic mass is 16.5. The van der Waals surface area contributed by atoms with Gasteiger partial charge < -0.3 is 9.84 Å². The van der Waals surface area contributed by atoms with Crippen molar-refractivity contribution in [3.8, 4) is 0 Å². The molecule has 2 N–H and O–H groups in total. The van der Waals surface area contributed by atoms with Gasteiger partial charge in [0.1, 0.15) is 5.54 Å². The SMILES string of the molecule is COCC(C)(NC1CC1(C)C)C(=O)O. The second-order valence-corrected chi connectivity index (χ2v) is 4.96. The minimum absolute atomic E-state index is 0.189. The summed E-state index contributed by atoms with van der Waals surface area (Å²) in [6, 6.07) is 0.291. The number of carboxylic acid groups (broad SMARTS) is 1. The van der Waals surface area contributed by atoms with Crippen molar-refractivity contribution >= 4 is 5.97 Å². The van der Waals surface area contributed by atoms with Crippen LogP contribution in [0, 0.1) is 5.41 Å². The Kier molecular flexibility index (Phi) is 2.88. The molecule has 1 rings (SSSR count). The molecule has 0 amide bonds. The van der Waals surface area contributed by atoms with E-state index in [9.17, 15) is 4.79 Å². The Morgan fingerprint density at radius 2 is 2.21 bits per heavy atom. The highest BCUT2D eigenvalue weighted by Gasteiger charge is 2.50. The second-order valence-electron chi connectivity index (χ2n) is 4.96. The zero-order valence-corrected chi connectivity index (χ0v) is 9.26. The van der Waals surface area contributed by atoms with Gasteiger partial charge in [-0.25, -0.2) is 0 Å². The molecule has 0 aliphatic heterocycles. The lowest BCUT2D eigenvalue weighted by molar-refractivity contribution is -0.146. The van der Waals surface area contributed by atoms with Gasteiger partial charge in [0.2, 0.25) is 0 Å². The van der Waals surface area contributed by atoms with Crippen molar-refractivity contribution in [2.75, 3.05) is 13.7 Å². The first-order valence-corrected chi connectivity index (χ1v) is 4.82. The summed E-state index contributed by atoms with van der Waals surface area (Å²) in [5, 5.41) is 12.2. The molecule has 0 radical (unpaired) electrons. The fourth-order valence-corrected chi connectivity index (χ4v) is 1.55. The number of hydrogen-bond donors (Lipinski definition) is 2. The average Bonchev–Trinajstić information content (AvgIpc) is 2.58. The first kappa shape index (κ1) is 11.5. The van der Waals surface area contributed by atoms with Gasteiger partial charge in [-0.3, -0.25) is 10.1 Å². The van der Waals surface area contributed by atoms with Gasteiger partial charge in [0.25, 0.3) is 0 Å². The smallest absolute Gasteiger partial charge is 0.326 e. The Labute approximate surface area is 84.6 Å². The van der Waals surface area contributed by atoms with E-state index in [-0.39, 0.29) is 12.0 Å². The molecule has 0 spiro atoms. The fourth-order valence-electron chi connectivity index (χ4n) is 1.55. The topological polar surface area (TPSA) is 58.6 Å². The van der Waals surface area contributed by atoms with Crippen molar-refractivity contribution in [3.63, 3.8) is 0 Å². The molecule has 1 aliphatic rings. The van der Waals surface area contributed by atoms with Crippen LogP contribution in [0.5, 0.6) is 0 Å². The van der Waals surface area contributed by atoms with E-state index in [0.717, 1.165) is 6.42 Å². The van der Waals surface area contributed by atoms with E-state index >= 15 is 0 Å². The lowest BCUT2D eigenvalue weighted by atomic mass is 10.0. The highest BCUT2D eigenvalue weighted by molar-refractivity contribution is 5.78. The van der Waals surface area contributed by atoms with Crippen LogP contribution in [0.15, 0.2) is 0 Å². The summed E-state index contributed by atoms with van der Waals surface area (Å²) in [6.45, 7) is 6.10. The number of methoxy groups -OCH3 is 1. The summed E-state index contributed by atoms with van der Waals surface area (Å²) in [4.78, 5) is 11.0. The molecule has 0 aromatic heterocycles. The van der Waals surface area contributed by atoms with Crippen LogP contribution in [0.3, 0.4) is 0 Å². The third kappa shape index (κ3) is 2.25. The van der Waals surface area contributed by atoms with Gasteiger partial charge in [0, 0.05) is 13.2 Å². The molecule has 82 valence electrons. The zero-order valence-electron chi connectivity index (χ0n) is 9.26. The number of aliphatic carboxylic acids is 1. The molecule has 4 heteroatoms. The average molecular weight is 201 g/mol. The Hall–Kier alpha value is -0.610. The standard InChI is InChI=1S/C10H19NO3/c1-9(2)5-7(9)11-10(3,6-14-4)8(12)13/h7,11H,5-6H2,1-4H3,(H,12,13). The number of hydrogen-bond acceptors (Lipinski definition) is 3.